The summed E-state index contributed by atoms with van der Waals surface area (Å²) >= 11 is 6.11. The van der Waals surface area contributed by atoms with E-state index in [-0.39, 0.29) is 11.7 Å². The third-order valence-electron chi connectivity index (χ3n) is 3.83. The van der Waals surface area contributed by atoms with E-state index in [9.17, 15) is 14.5 Å². The van der Waals surface area contributed by atoms with Crippen LogP contribution >= 0.6 is 11.6 Å². The van der Waals surface area contributed by atoms with Crippen LogP contribution in [0.5, 0.6) is 0 Å². The Bertz CT molecular complexity index is 950. The SMILES string of the molecule is C[C@H](Nc1nccnc1-c1ccc([N+](=O)[O-])cc1)c1ccc(F)cc1Cl. The summed E-state index contributed by atoms with van der Waals surface area (Å²) in [5.41, 5.74) is 1.95. The van der Waals surface area contributed by atoms with Crippen LogP contribution in [0.1, 0.15) is 18.5 Å². The Kier molecular flexibility index (Phi) is 5.09. The molecule has 0 aliphatic carbocycles. The van der Waals surface area contributed by atoms with Crippen LogP contribution in [0.25, 0.3) is 11.3 Å². The van der Waals surface area contributed by atoms with Crippen molar-refractivity contribution in [2.24, 2.45) is 0 Å². The molecule has 0 radical (unpaired) electrons. The Morgan fingerprint density at radius 2 is 1.85 bits per heavy atom. The van der Waals surface area contributed by atoms with Crippen molar-refractivity contribution in [3.8, 4) is 11.3 Å². The van der Waals surface area contributed by atoms with Gasteiger partial charge in [0.2, 0.25) is 0 Å². The zero-order chi connectivity index (χ0) is 18.7. The largest absolute Gasteiger partial charge is 0.362 e. The molecule has 8 heteroatoms. The molecular weight excluding hydrogens is 359 g/mol. The first-order chi connectivity index (χ1) is 12.5. The minimum absolute atomic E-state index is 0.00129. The Balaban J connectivity index is 1.90. The fourth-order valence-corrected chi connectivity index (χ4v) is 2.86. The van der Waals surface area contributed by atoms with Gasteiger partial charge in [-0.05, 0) is 36.8 Å². The van der Waals surface area contributed by atoms with Crippen LogP contribution in [0.2, 0.25) is 5.02 Å². The average molecular weight is 373 g/mol. The molecule has 0 fully saturated rings. The fraction of sp³-hybridized carbons (Fsp3) is 0.111. The molecule has 0 bridgehead atoms. The summed E-state index contributed by atoms with van der Waals surface area (Å²) in [6.07, 6.45) is 3.08. The Morgan fingerprint density at radius 3 is 2.50 bits per heavy atom. The summed E-state index contributed by atoms with van der Waals surface area (Å²) in [5, 5.41) is 14.3. The van der Waals surface area contributed by atoms with E-state index >= 15 is 0 Å². The van der Waals surface area contributed by atoms with E-state index in [4.69, 9.17) is 11.6 Å². The fourth-order valence-electron chi connectivity index (χ4n) is 2.53. The molecular formula is C18H14ClFN4O2. The number of halogens is 2. The number of nitrogens with zero attached hydrogens (tertiary/aromatic N) is 3. The summed E-state index contributed by atoms with van der Waals surface area (Å²) in [6.45, 7) is 1.87. The molecule has 1 aromatic heterocycles. The topological polar surface area (TPSA) is 81.0 Å². The highest BCUT2D eigenvalue weighted by Crippen LogP contribution is 2.30. The first kappa shape index (κ1) is 17.8. The van der Waals surface area contributed by atoms with E-state index in [1.165, 1.54) is 36.7 Å². The highest BCUT2D eigenvalue weighted by Gasteiger charge is 2.15. The Morgan fingerprint density at radius 1 is 1.15 bits per heavy atom. The molecule has 1 N–H and O–H groups in total. The molecule has 6 nitrogen and oxygen atoms in total. The predicted octanol–water partition coefficient (Wildman–Crippen LogP) is 5.02. The number of benzene rings is 2. The molecule has 3 aromatic rings. The second kappa shape index (κ2) is 7.45. The van der Waals surface area contributed by atoms with Gasteiger partial charge in [0.25, 0.3) is 5.69 Å². The lowest BCUT2D eigenvalue weighted by atomic mass is 10.1. The molecule has 2 aromatic carbocycles. The summed E-state index contributed by atoms with van der Waals surface area (Å²) in [5.74, 6) is 0.0891. The smallest absolute Gasteiger partial charge is 0.269 e. The van der Waals surface area contributed by atoms with Gasteiger partial charge < -0.3 is 5.32 Å². The van der Waals surface area contributed by atoms with Gasteiger partial charge in [-0.15, -0.1) is 0 Å². The van der Waals surface area contributed by atoms with Crippen LogP contribution in [-0.2, 0) is 0 Å². The van der Waals surface area contributed by atoms with Gasteiger partial charge in [-0.2, -0.15) is 0 Å². The Hall–Kier alpha value is -3.06. The monoisotopic (exact) mass is 372 g/mol. The maximum Gasteiger partial charge on any atom is 0.269 e. The Labute approximate surface area is 153 Å². The molecule has 0 saturated carbocycles. The molecule has 0 aliphatic heterocycles. The van der Waals surface area contributed by atoms with Crippen molar-refractivity contribution in [1.82, 2.24) is 9.97 Å². The number of nitrogens with one attached hydrogen (secondary N) is 1. The van der Waals surface area contributed by atoms with E-state index in [1.807, 2.05) is 6.92 Å². The third-order valence-corrected chi connectivity index (χ3v) is 4.16. The summed E-state index contributed by atoms with van der Waals surface area (Å²) < 4.78 is 13.2. The lowest BCUT2D eigenvalue weighted by molar-refractivity contribution is -0.384. The van der Waals surface area contributed by atoms with Crippen LogP contribution < -0.4 is 5.32 Å². The van der Waals surface area contributed by atoms with Crippen molar-refractivity contribution in [2.45, 2.75) is 13.0 Å². The second-order valence-corrected chi connectivity index (χ2v) is 6.00. The van der Waals surface area contributed by atoms with Gasteiger partial charge in [-0.3, -0.25) is 15.1 Å². The first-order valence-electron chi connectivity index (χ1n) is 7.73. The molecule has 132 valence electrons. The van der Waals surface area contributed by atoms with E-state index in [0.29, 0.717) is 27.7 Å². The predicted molar refractivity (Wildman–Crippen MR) is 97.6 cm³/mol. The van der Waals surface area contributed by atoms with Crippen LogP contribution in [0.3, 0.4) is 0 Å². The highest BCUT2D eigenvalue weighted by atomic mass is 35.5. The second-order valence-electron chi connectivity index (χ2n) is 5.59. The number of non-ortho nitro benzene ring substituents is 1. The molecule has 1 heterocycles. The number of nitro groups is 1. The van der Waals surface area contributed by atoms with Crippen LogP contribution in [0.4, 0.5) is 15.9 Å². The van der Waals surface area contributed by atoms with E-state index in [1.54, 1.807) is 18.2 Å². The molecule has 1 atom stereocenters. The van der Waals surface area contributed by atoms with Crippen molar-refractivity contribution in [3.05, 3.63) is 81.4 Å². The van der Waals surface area contributed by atoms with Crippen molar-refractivity contribution in [3.63, 3.8) is 0 Å². The van der Waals surface area contributed by atoms with Crippen molar-refractivity contribution in [1.29, 1.82) is 0 Å². The molecule has 26 heavy (non-hydrogen) atoms. The van der Waals surface area contributed by atoms with Crippen LogP contribution in [0, 0.1) is 15.9 Å². The van der Waals surface area contributed by atoms with Gasteiger partial charge in [-0.25, -0.2) is 9.37 Å². The van der Waals surface area contributed by atoms with Crippen LogP contribution in [-0.4, -0.2) is 14.9 Å². The van der Waals surface area contributed by atoms with Crippen molar-refractivity contribution >= 4 is 23.1 Å². The molecule has 0 spiro atoms. The van der Waals surface area contributed by atoms with Gasteiger partial charge in [0, 0.05) is 35.1 Å². The van der Waals surface area contributed by atoms with Gasteiger partial charge in [0.1, 0.15) is 11.5 Å². The standard InChI is InChI=1S/C18H14ClFN4O2/c1-11(15-7-4-13(20)10-16(15)19)23-18-17(21-8-9-22-18)12-2-5-14(6-3-12)24(25)26/h2-11H,1H3,(H,22,23)/t11-/m0/s1. The average Bonchev–Trinajstić information content (AvgIpc) is 2.62. The zero-order valence-electron chi connectivity index (χ0n) is 13.7. The van der Waals surface area contributed by atoms with Crippen molar-refractivity contribution in [2.75, 3.05) is 5.32 Å². The zero-order valence-corrected chi connectivity index (χ0v) is 14.4. The van der Waals surface area contributed by atoms with Gasteiger partial charge in [-0.1, -0.05) is 17.7 Å². The summed E-state index contributed by atoms with van der Waals surface area (Å²) in [6, 6.07) is 10.00. The normalized spacial score (nSPS) is 11.8. The number of hydrogen-bond donors (Lipinski definition) is 1. The number of anilines is 1. The highest BCUT2D eigenvalue weighted by molar-refractivity contribution is 6.31. The molecule has 0 saturated heterocycles. The molecule has 0 amide bonds. The molecule has 3 rings (SSSR count). The minimum atomic E-state index is -0.460. The quantitative estimate of drug-likeness (QED) is 0.502. The number of nitro benzene ring substituents is 1. The van der Waals surface area contributed by atoms with Gasteiger partial charge in [0.05, 0.1) is 11.0 Å². The maximum atomic E-state index is 13.2. The summed E-state index contributed by atoms with van der Waals surface area (Å²) in [4.78, 5) is 19.0. The van der Waals surface area contributed by atoms with E-state index < -0.39 is 10.7 Å². The van der Waals surface area contributed by atoms with Crippen molar-refractivity contribution < 1.29 is 9.31 Å². The number of hydrogen-bond acceptors (Lipinski definition) is 5. The van der Waals surface area contributed by atoms with E-state index in [2.05, 4.69) is 15.3 Å². The first-order valence-corrected chi connectivity index (χ1v) is 8.11. The molecule has 0 aliphatic rings. The van der Waals surface area contributed by atoms with E-state index in [0.717, 1.165) is 0 Å². The lowest BCUT2D eigenvalue weighted by Gasteiger charge is -2.18. The lowest BCUT2D eigenvalue weighted by Crippen LogP contribution is -2.10. The summed E-state index contributed by atoms with van der Waals surface area (Å²) in [7, 11) is 0. The number of rotatable bonds is 5. The van der Waals surface area contributed by atoms with Gasteiger partial charge >= 0.3 is 0 Å². The third kappa shape index (κ3) is 3.78. The number of aromatic nitrogens is 2. The maximum absolute atomic E-state index is 13.2. The van der Waals surface area contributed by atoms with Gasteiger partial charge in [0.15, 0.2) is 5.82 Å². The molecule has 0 unspecified atom stereocenters. The minimum Gasteiger partial charge on any atom is -0.362 e. The van der Waals surface area contributed by atoms with Crippen LogP contribution in [0.15, 0.2) is 54.9 Å².